The molecule has 4 rings (SSSR count). The van der Waals surface area contributed by atoms with Crippen molar-refractivity contribution >= 4 is 35.4 Å². The van der Waals surface area contributed by atoms with Crippen LogP contribution in [-0.4, -0.2) is 99.3 Å². The average molecular weight is 466 g/mol. The normalized spacial score (nSPS) is 46.4. The molecule has 0 bridgehead atoms. The van der Waals surface area contributed by atoms with Crippen molar-refractivity contribution in [3.8, 4) is 0 Å². The average Bonchev–Trinajstić information content (AvgIpc) is 3.27. The Morgan fingerprint density at radius 2 is 2.07 bits per heavy atom. The topological polar surface area (TPSA) is 131 Å². The Balaban J connectivity index is 1.49. The molecule has 10 nitrogen and oxygen atoms in total. The molecule has 3 heterocycles. The van der Waals surface area contributed by atoms with Crippen molar-refractivity contribution in [1.29, 1.82) is 0 Å². The van der Waals surface area contributed by atoms with Crippen molar-refractivity contribution in [2.75, 3.05) is 13.8 Å². The molecule has 10 atom stereocenters. The van der Waals surface area contributed by atoms with Crippen molar-refractivity contribution in [1.82, 2.24) is 15.7 Å². The monoisotopic (exact) mass is 465 g/mol. The lowest BCUT2D eigenvalue weighted by atomic mass is 9.73. The number of alkyl halides is 2. The number of ether oxygens (including phenoxy) is 1. The third-order valence-electron chi connectivity index (χ3n) is 6.71. The highest BCUT2D eigenvalue weighted by Crippen LogP contribution is 2.43. The molecule has 4 aliphatic rings. The summed E-state index contributed by atoms with van der Waals surface area (Å²) in [5.41, 5.74) is 1.34. The van der Waals surface area contributed by atoms with Crippen LogP contribution >= 0.6 is 23.2 Å². The lowest BCUT2D eigenvalue weighted by Gasteiger charge is -2.42. The van der Waals surface area contributed by atoms with E-state index in [1.54, 1.807) is 11.8 Å². The first-order valence-corrected chi connectivity index (χ1v) is 11.0. The fraction of sp³-hybridized carbons (Fsp3) is 0.889. The maximum atomic E-state index is 11.3. The van der Waals surface area contributed by atoms with Crippen LogP contribution in [0.3, 0.4) is 0 Å². The molecule has 0 radical (unpaired) electrons. The zero-order chi connectivity index (χ0) is 21.6. The second-order valence-electron chi connectivity index (χ2n) is 8.55. The molecule has 0 aromatic heterocycles. The smallest absolute Gasteiger partial charge is 0.148 e. The van der Waals surface area contributed by atoms with Crippen molar-refractivity contribution in [2.24, 2.45) is 15.9 Å². The van der Waals surface area contributed by atoms with E-state index in [-0.39, 0.29) is 22.7 Å². The van der Waals surface area contributed by atoms with E-state index in [0.717, 1.165) is 0 Å². The summed E-state index contributed by atoms with van der Waals surface area (Å²) >= 11 is 12.5. The van der Waals surface area contributed by atoms with Crippen LogP contribution in [0.5, 0.6) is 0 Å². The third-order valence-corrected chi connectivity index (χ3v) is 7.84. The molecule has 3 fully saturated rings. The zero-order valence-electron chi connectivity index (χ0n) is 16.9. The van der Waals surface area contributed by atoms with Gasteiger partial charge in [-0.05, 0) is 32.1 Å². The predicted octanol–water partition coefficient (Wildman–Crippen LogP) is -0.652. The number of fused-ring (bicyclic) bond motifs is 1. The fourth-order valence-electron chi connectivity index (χ4n) is 4.94. The summed E-state index contributed by atoms with van der Waals surface area (Å²) in [6.07, 6.45) is -1.44. The summed E-state index contributed by atoms with van der Waals surface area (Å²) in [5, 5.41) is 35.7. The fourth-order valence-corrected chi connectivity index (χ4v) is 5.51. The number of nitrogens with one attached hydrogen (secondary N) is 2. The Bertz CT molecular complexity index is 698. The minimum atomic E-state index is -1.38. The summed E-state index contributed by atoms with van der Waals surface area (Å²) in [6, 6.07) is -0.279. The second kappa shape index (κ2) is 8.76. The molecule has 0 amide bonds. The van der Waals surface area contributed by atoms with Crippen LogP contribution in [0.2, 0.25) is 0 Å². The number of aliphatic hydroxyl groups excluding tert-OH is 2. The maximum absolute atomic E-state index is 11.3. The molecule has 12 heteroatoms. The van der Waals surface area contributed by atoms with Gasteiger partial charge in [-0.25, -0.2) is 9.89 Å². The molecule has 1 aliphatic carbocycles. The van der Waals surface area contributed by atoms with E-state index in [2.05, 4.69) is 20.8 Å². The Morgan fingerprint density at radius 1 is 1.30 bits per heavy atom. The number of rotatable bonds is 4. The van der Waals surface area contributed by atoms with Gasteiger partial charge in [0.05, 0.1) is 24.8 Å². The van der Waals surface area contributed by atoms with Crippen LogP contribution in [0.1, 0.15) is 26.2 Å². The summed E-state index contributed by atoms with van der Waals surface area (Å²) < 4.78 is 6.09. The third kappa shape index (κ3) is 3.87. The first-order valence-electron chi connectivity index (χ1n) is 10.1. The highest BCUT2D eigenvalue weighted by Gasteiger charge is 2.57. The van der Waals surface area contributed by atoms with E-state index < -0.39 is 36.3 Å². The van der Waals surface area contributed by atoms with Crippen LogP contribution in [0.15, 0.2) is 9.98 Å². The second-order valence-corrected chi connectivity index (χ2v) is 9.67. The number of hydrogen-bond donors (Lipinski definition) is 5. The number of aliphatic hydroxyl groups is 3. The van der Waals surface area contributed by atoms with Gasteiger partial charge in [-0.15, -0.1) is 23.2 Å². The van der Waals surface area contributed by atoms with Gasteiger partial charge in [-0.2, -0.15) is 0 Å². The van der Waals surface area contributed by atoms with Crippen molar-refractivity contribution in [2.45, 2.75) is 79.3 Å². The number of nitrogens with zero attached hydrogens (tertiary/aromatic N) is 3. The van der Waals surface area contributed by atoms with E-state index in [9.17, 15) is 15.3 Å². The minimum absolute atomic E-state index is 0.139. The van der Waals surface area contributed by atoms with Gasteiger partial charge < -0.3 is 20.1 Å². The van der Waals surface area contributed by atoms with Crippen LogP contribution in [0, 0.1) is 5.92 Å². The van der Waals surface area contributed by atoms with Crippen LogP contribution in [0.25, 0.3) is 0 Å². The van der Waals surface area contributed by atoms with Crippen molar-refractivity contribution in [3.63, 3.8) is 0 Å². The van der Waals surface area contributed by atoms with Gasteiger partial charge in [0, 0.05) is 5.38 Å². The number of hydrogen-bond acceptors (Lipinski definition) is 10. The van der Waals surface area contributed by atoms with E-state index >= 15 is 0 Å². The lowest BCUT2D eigenvalue weighted by Crippen LogP contribution is -2.53. The first kappa shape index (κ1) is 22.6. The largest absolute Gasteiger partial charge is 0.387 e. The van der Waals surface area contributed by atoms with Gasteiger partial charge >= 0.3 is 0 Å². The minimum Gasteiger partial charge on any atom is -0.387 e. The SMILES string of the molecule is CONC1=NC=NC2C1NCN2[C@@H]1O[C@H]([C@](C)(O)C2CCC(Cl)C(Cl)C2)[C@@H](O)[C@H]1O. The Labute approximate surface area is 185 Å². The molecule has 1 saturated carbocycles. The Hall–Kier alpha value is -0.560. The number of aliphatic imine (C=N–C) groups is 2. The molecule has 2 saturated heterocycles. The highest BCUT2D eigenvalue weighted by atomic mass is 35.5. The van der Waals surface area contributed by atoms with Crippen molar-refractivity contribution < 1.29 is 24.9 Å². The van der Waals surface area contributed by atoms with Crippen LogP contribution in [0.4, 0.5) is 0 Å². The zero-order valence-corrected chi connectivity index (χ0v) is 18.4. The van der Waals surface area contributed by atoms with Gasteiger partial charge in [0.2, 0.25) is 0 Å². The van der Waals surface area contributed by atoms with Crippen LogP contribution < -0.4 is 10.8 Å². The van der Waals surface area contributed by atoms with E-state index in [1.165, 1.54) is 13.4 Å². The van der Waals surface area contributed by atoms with E-state index in [4.69, 9.17) is 32.8 Å². The molecule has 0 spiro atoms. The maximum Gasteiger partial charge on any atom is 0.148 e. The lowest BCUT2D eigenvalue weighted by molar-refractivity contribution is -0.173. The predicted molar refractivity (Wildman–Crippen MR) is 111 cm³/mol. The number of halogens is 2. The van der Waals surface area contributed by atoms with E-state index in [1.807, 2.05) is 0 Å². The van der Waals surface area contributed by atoms with Crippen LogP contribution in [-0.2, 0) is 9.57 Å². The number of amidine groups is 1. The van der Waals surface area contributed by atoms with Gasteiger partial charge in [0.25, 0.3) is 0 Å². The van der Waals surface area contributed by atoms with E-state index in [0.29, 0.717) is 31.8 Å². The quantitative estimate of drug-likeness (QED) is 0.273. The van der Waals surface area contributed by atoms with Gasteiger partial charge in [0.15, 0.2) is 0 Å². The van der Waals surface area contributed by atoms with Gasteiger partial charge in [0.1, 0.15) is 48.9 Å². The summed E-state index contributed by atoms with van der Waals surface area (Å²) in [7, 11) is 1.49. The van der Waals surface area contributed by atoms with Crippen molar-refractivity contribution in [3.05, 3.63) is 0 Å². The number of hydroxylamine groups is 1. The highest BCUT2D eigenvalue weighted by molar-refractivity contribution is 6.30. The summed E-state index contributed by atoms with van der Waals surface area (Å²) in [6.45, 7) is 1.98. The molecule has 5 N–H and O–H groups in total. The Morgan fingerprint density at radius 3 is 2.77 bits per heavy atom. The van der Waals surface area contributed by atoms with Gasteiger partial charge in [-0.3, -0.25) is 20.6 Å². The van der Waals surface area contributed by atoms with Gasteiger partial charge in [-0.1, -0.05) is 0 Å². The molecule has 30 heavy (non-hydrogen) atoms. The standard InChI is InChI=1S/C18H29Cl2N5O5/c1-18(28,8-3-4-9(19)10(20)5-8)14-12(26)13(27)17(30-14)25-7-23-11-15(24-29-2)21-6-22-16(11)25/h6,8-14,16-17,23,26-28H,3-5,7H2,1-2H3,(H,21,22,24)/t8?,9?,10?,11?,12-,13+,14-,16?,17+,18+/m0/s1. The molecular formula is C18H29Cl2N5O5. The molecule has 170 valence electrons. The molecular weight excluding hydrogens is 437 g/mol. The molecule has 0 aromatic rings. The Kier molecular flexibility index (Phi) is 6.61. The summed E-state index contributed by atoms with van der Waals surface area (Å²) in [4.78, 5) is 15.3. The molecule has 0 aromatic carbocycles. The molecule has 3 aliphatic heterocycles. The summed E-state index contributed by atoms with van der Waals surface area (Å²) in [5.74, 6) is 0.352. The first-order chi connectivity index (χ1) is 14.3. The molecule has 5 unspecified atom stereocenters.